The first-order chi connectivity index (χ1) is 9.09. The van der Waals surface area contributed by atoms with Gasteiger partial charge in [-0.1, -0.05) is 6.07 Å². The van der Waals surface area contributed by atoms with Crippen molar-refractivity contribution in [3.8, 4) is 0 Å². The Balaban J connectivity index is 2.34. The number of aromatic carboxylic acids is 1. The fourth-order valence-electron chi connectivity index (χ4n) is 1.44. The number of carboxylic acids is 1. The third-order valence-electron chi connectivity index (χ3n) is 2.33. The molecule has 0 bridgehead atoms. The monoisotopic (exact) mass is 321 g/mol. The second-order valence-electron chi connectivity index (χ2n) is 3.55. The molecule has 2 N–H and O–H groups in total. The molecule has 7 heteroatoms. The van der Waals surface area contributed by atoms with Gasteiger partial charge in [-0.3, -0.25) is 4.79 Å². The van der Waals surface area contributed by atoms with Gasteiger partial charge in [0.1, 0.15) is 0 Å². The van der Waals surface area contributed by atoms with Gasteiger partial charge in [0.15, 0.2) is 0 Å². The van der Waals surface area contributed by atoms with Gasteiger partial charge in [-0.05, 0) is 34.1 Å². The number of hydrogen-bond donors (Lipinski definition) is 2. The first-order valence-electron chi connectivity index (χ1n) is 5.19. The van der Waals surface area contributed by atoms with Crippen molar-refractivity contribution >= 4 is 33.5 Å². The zero-order valence-electron chi connectivity index (χ0n) is 9.50. The van der Waals surface area contributed by atoms with E-state index in [0.29, 0.717) is 10.0 Å². The average Bonchev–Trinajstić information content (AvgIpc) is 2.41. The fourth-order valence-corrected chi connectivity index (χ4v) is 1.91. The zero-order chi connectivity index (χ0) is 13.8. The molecule has 2 rings (SSSR count). The third-order valence-corrected chi connectivity index (χ3v) is 2.99. The SMILES string of the molecule is O=C(Nc1c(Br)cccc1C(=O)O)c1ccnnc1. The number of aromatic nitrogens is 2. The normalized spacial score (nSPS) is 9.95. The number of nitrogens with zero attached hydrogens (tertiary/aromatic N) is 2. The number of rotatable bonds is 3. The summed E-state index contributed by atoms with van der Waals surface area (Å²) >= 11 is 3.21. The molecule has 0 saturated carbocycles. The molecule has 0 saturated heterocycles. The molecule has 0 atom stereocenters. The highest BCUT2D eigenvalue weighted by atomic mass is 79.9. The Labute approximate surface area is 116 Å². The number of halogens is 1. The Morgan fingerprint density at radius 2 is 2.00 bits per heavy atom. The van der Waals surface area contributed by atoms with Gasteiger partial charge >= 0.3 is 5.97 Å². The average molecular weight is 322 g/mol. The molecule has 6 nitrogen and oxygen atoms in total. The van der Waals surface area contributed by atoms with E-state index in [-0.39, 0.29) is 11.3 Å². The Hall–Kier alpha value is -2.28. The standard InChI is InChI=1S/C12H8BrN3O3/c13-9-3-1-2-8(12(18)19)10(9)16-11(17)7-4-5-14-15-6-7/h1-6H,(H,16,17)(H,18,19). The molecule has 1 aromatic heterocycles. The lowest BCUT2D eigenvalue weighted by atomic mass is 10.1. The smallest absolute Gasteiger partial charge is 0.337 e. The summed E-state index contributed by atoms with van der Waals surface area (Å²) in [6.45, 7) is 0. The number of carbonyl (C=O) groups excluding carboxylic acids is 1. The number of carbonyl (C=O) groups is 2. The van der Waals surface area contributed by atoms with Crippen molar-refractivity contribution in [2.75, 3.05) is 5.32 Å². The minimum Gasteiger partial charge on any atom is -0.478 e. The topological polar surface area (TPSA) is 92.2 Å². The van der Waals surface area contributed by atoms with E-state index in [1.165, 1.54) is 24.5 Å². The van der Waals surface area contributed by atoms with E-state index in [1.54, 1.807) is 12.1 Å². The van der Waals surface area contributed by atoms with Crippen molar-refractivity contribution in [2.24, 2.45) is 0 Å². The van der Waals surface area contributed by atoms with Crippen LogP contribution in [-0.2, 0) is 0 Å². The number of nitrogens with one attached hydrogen (secondary N) is 1. The zero-order valence-corrected chi connectivity index (χ0v) is 11.1. The summed E-state index contributed by atoms with van der Waals surface area (Å²) in [5.74, 6) is -1.58. The van der Waals surface area contributed by atoms with Gasteiger partial charge in [0.25, 0.3) is 5.91 Å². The van der Waals surface area contributed by atoms with Crippen LogP contribution in [0, 0.1) is 0 Å². The van der Waals surface area contributed by atoms with Gasteiger partial charge < -0.3 is 10.4 Å². The second kappa shape index (κ2) is 5.57. The van der Waals surface area contributed by atoms with E-state index in [0.717, 1.165) is 0 Å². The van der Waals surface area contributed by atoms with Gasteiger partial charge in [-0.25, -0.2) is 4.79 Å². The molecule has 1 amide bonds. The van der Waals surface area contributed by atoms with Crippen LogP contribution in [0.1, 0.15) is 20.7 Å². The molecule has 0 radical (unpaired) electrons. The highest BCUT2D eigenvalue weighted by Gasteiger charge is 2.16. The molecule has 2 aromatic rings. The number of amides is 1. The van der Waals surface area contributed by atoms with Gasteiger partial charge in [-0.15, -0.1) is 0 Å². The van der Waals surface area contributed by atoms with Crippen LogP contribution in [0.4, 0.5) is 5.69 Å². The van der Waals surface area contributed by atoms with Crippen LogP contribution in [0.3, 0.4) is 0 Å². The van der Waals surface area contributed by atoms with E-state index < -0.39 is 11.9 Å². The summed E-state index contributed by atoms with van der Waals surface area (Å²) in [6, 6.07) is 6.12. The van der Waals surface area contributed by atoms with Crippen molar-refractivity contribution in [1.82, 2.24) is 10.2 Å². The van der Waals surface area contributed by atoms with Crippen LogP contribution in [-0.4, -0.2) is 27.2 Å². The number of hydrogen-bond acceptors (Lipinski definition) is 4. The van der Waals surface area contributed by atoms with Crippen LogP contribution < -0.4 is 5.32 Å². The van der Waals surface area contributed by atoms with Gasteiger partial charge in [0.05, 0.1) is 29.2 Å². The Bertz CT molecular complexity index is 631. The maximum Gasteiger partial charge on any atom is 0.337 e. The summed E-state index contributed by atoms with van der Waals surface area (Å²) in [7, 11) is 0. The van der Waals surface area contributed by atoms with E-state index in [9.17, 15) is 9.59 Å². The first kappa shape index (κ1) is 13.2. The molecule has 0 aliphatic rings. The Morgan fingerprint density at radius 3 is 2.63 bits per heavy atom. The van der Waals surface area contributed by atoms with E-state index in [1.807, 2.05) is 0 Å². The molecule has 1 heterocycles. The summed E-state index contributed by atoms with van der Waals surface area (Å²) in [5.41, 5.74) is 0.503. The molecule has 19 heavy (non-hydrogen) atoms. The fraction of sp³-hybridized carbons (Fsp3) is 0. The predicted molar refractivity (Wildman–Crippen MR) is 71.1 cm³/mol. The summed E-state index contributed by atoms with van der Waals surface area (Å²) in [4.78, 5) is 23.0. The maximum atomic E-state index is 11.9. The van der Waals surface area contributed by atoms with Crippen LogP contribution in [0.5, 0.6) is 0 Å². The lowest BCUT2D eigenvalue weighted by Crippen LogP contribution is -2.15. The van der Waals surface area contributed by atoms with Crippen LogP contribution in [0.2, 0.25) is 0 Å². The molecule has 0 aliphatic heterocycles. The Morgan fingerprint density at radius 1 is 1.21 bits per heavy atom. The number of benzene rings is 1. The van der Waals surface area contributed by atoms with Gasteiger partial charge in [0, 0.05) is 4.47 Å². The molecule has 0 spiro atoms. The molecule has 96 valence electrons. The largest absolute Gasteiger partial charge is 0.478 e. The molecule has 1 aromatic carbocycles. The molecule has 0 aliphatic carbocycles. The number of para-hydroxylation sites is 1. The molecular weight excluding hydrogens is 314 g/mol. The van der Waals surface area contributed by atoms with E-state index in [2.05, 4.69) is 31.4 Å². The van der Waals surface area contributed by atoms with Gasteiger partial charge in [0.2, 0.25) is 0 Å². The van der Waals surface area contributed by atoms with E-state index in [4.69, 9.17) is 5.11 Å². The minimum atomic E-state index is -1.12. The van der Waals surface area contributed by atoms with Gasteiger partial charge in [-0.2, -0.15) is 10.2 Å². The van der Waals surface area contributed by atoms with Crippen molar-refractivity contribution in [3.05, 3.63) is 52.3 Å². The maximum absolute atomic E-state index is 11.9. The minimum absolute atomic E-state index is 0.00439. The highest BCUT2D eigenvalue weighted by Crippen LogP contribution is 2.27. The summed E-state index contributed by atoms with van der Waals surface area (Å²) in [5, 5.41) is 18.8. The van der Waals surface area contributed by atoms with Crippen molar-refractivity contribution in [2.45, 2.75) is 0 Å². The summed E-state index contributed by atoms with van der Waals surface area (Å²) < 4.78 is 0.489. The van der Waals surface area contributed by atoms with E-state index >= 15 is 0 Å². The number of anilines is 1. The predicted octanol–water partition coefficient (Wildman–Crippen LogP) is 2.19. The first-order valence-corrected chi connectivity index (χ1v) is 5.98. The molecule has 0 unspecified atom stereocenters. The summed E-state index contributed by atoms with van der Waals surface area (Å²) in [6.07, 6.45) is 2.68. The highest BCUT2D eigenvalue weighted by molar-refractivity contribution is 9.10. The van der Waals surface area contributed by atoms with Crippen molar-refractivity contribution in [3.63, 3.8) is 0 Å². The second-order valence-corrected chi connectivity index (χ2v) is 4.41. The van der Waals surface area contributed by atoms with Crippen molar-refractivity contribution in [1.29, 1.82) is 0 Å². The van der Waals surface area contributed by atoms with Crippen LogP contribution in [0.25, 0.3) is 0 Å². The lowest BCUT2D eigenvalue weighted by molar-refractivity contribution is 0.0698. The van der Waals surface area contributed by atoms with Crippen molar-refractivity contribution < 1.29 is 14.7 Å². The quantitative estimate of drug-likeness (QED) is 0.904. The number of carboxylic acid groups (broad SMARTS) is 1. The lowest BCUT2D eigenvalue weighted by Gasteiger charge is -2.10. The van der Waals surface area contributed by atoms with Crippen LogP contribution in [0.15, 0.2) is 41.1 Å². The molecule has 0 fully saturated rings. The third kappa shape index (κ3) is 2.94. The van der Waals surface area contributed by atoms with Crippen LogP contribution >= 0.6 is 15.9 Å². The Kier molecular flexibility index (Phi) is 3.86. The molecular formula is C12H8BrN3O3.